The Morgan fingerprint density at radius 1 is 1.12 bits per heavy atom. The van der Waals surface area contributed by atoms with Crippen LogP contribution in [0.2, 0.25) is 0 Å². The summed E-state index contributed by atoms with van der Waals surface area (Å²) in [4.78, 5) is 12.4. The van der Waals surface area contributed by atoms with Crippen LogP contribution in [0.5, 0.6) is 5.75 Å². The summed E-state index contributed by atoms with van der Waals surface area (Å²) < 4.78 is 5.96. The molecule has 0 saturated heterocycles. The molecule has 0 fully saturated rings. The van der Waals surface area contributed by atoms with Gasteiger partial charge in [-0.1, -0.05) is 43.3 Å². The van der Waals surface area contributed by atoms with Crippen molar-refractivity contribution in [1.29, 1.82) is 0 Å². The molecule has 3 nitrogen and oxygen atoms in total. The number of thioether (sulfide) groups is 1. The Hall–Kier alpha value is -1.94. The highest BCUT2D eigenvalue weighted by Crippen LogP contribution is 2.21. The Bertz CT molecular complexity index is 730. The van der Waals surface area contributed by atoms with Crippen LogP contribution in [0.15, 0.2) is 42.5 Å². The van der Waals surface area contributed by atoms with Crippen molar-refractivity contribution in [3.05, 3.63) is 64.7 Å². The van der Waals surface area contributed by atoms with Crippen LogP contribution >= 0.6 is 11.8 Å². The van der Waals surface area contributed by atoms with E-state index in [1.165, 1.54) is 11.1 Å². The molecule has 1 amide bonds. The van der Waals surface area contributed by atoms with Gasteiger partial charge in [0.15, 0.2) is 6.10 Å². The number of aryl methyl sites for hydroxylation is 3. The van der Waals surface area contributed by atoms with Crippen LogP contribution in [0.3, 0.4) is 0 Å². The van der Waals surface area contributed by atoms with Crippen LogP contribution in [0, 0.1) is 20.8 Å². The zero-order valence-electron chi connectivity index (χ0n) is 16.2. The number of carbonyl (C=O) groups is 1. The summed E-state index contributed by atoms with van der Waals surface area (Å²) in [7, 11) is 0. The molecule has 0 aliphatic heterocycles. The third kappa shape index (κ3) is 6.10. The zero-order chi connectivity index (χ0) is 18.9. The number of rotatable bonds is 9. The van der Waals surface area contributed by atoms with E-state index in [2.05, 4.69) is 42.6 Å². The SMILES string of the molecule is CC[C@H](Oc1cc(C)ccc1C)C(=O)NCCSCc1ccccc1C. The second kappa shape index (κ2) is 10.3. The highest BCUT2D eigenvalue weighted by Gasteiger charge is 2.18. The van der Waals surface area contributed by atoms with Gasteiger partial charge in [0.25, 0.3) is 5.91 Å². The molecule has 0 aliphatic rings. The largest absolute Gasteiger partial charge is 0.480 e. The van der Waals surface area contributed by atoms with Crippen molar-refractivity contribution in [2.24, 2.45) is 0 Å². The predicted molar refractivity (Wildman–Crippen MR) is 111 cm³/mol. The van der Waals surface area contributed by atoms with Crippen molar-refractivity contribution < 1.29 is 9.53 Å². The molecule has 0 bridgehead atoms. The van der Waals surface area contributed by atoms with Crippen LogP contribution < -0.4 is 10.1 Å². The molecule has 4 heteroatoms. The number of hydrogen-bond acceptors (Lipinski definition) is 3. The molecule has 26 heavy (non-hydrogen) atoms. The molecular formula is C22H29NO2S. The van der Waals surface area contributed by atoms with E-state index in [0.717, 1.165) is 28.4 Å². The first-order valence-corrected chi connectivity index (χ1v) is 10.3. The van der Waals surface area contributed by atoms with E-state index in [4.69, 9.17) is 4.74 Å². The first-order chi connectivity index (χ1) is 12.5. The van der Waals surface area contributed by atoms with Crippen LogP contribution in [-0.2, 0) is 10.5 Å². The van der Waals surface area contributed by atoms with Crippen molar-refractivity contribution in [3.63, 3.8) is 0 Å². The fourth-order valence-corrected chi connectivity index (χ4v) is 3.56. The lowest BCUT2D eigenvalue weighted by atomic mass is 10.1. The van der Waals surface area contributed by atoms with Gasteiger partial charge in [-0.25, -0.2) is 0 Å². The molecule has 0 aliphatic carbocycles. The number of amides is 1. The quantitative estimate of drug-likeness (QED) is 0.642. The van der Waals surface area contributed by atoms with Gasteiger partial charge in [-0.15, -0.1) is 0 Å². The van der Waals surface area contributed by atoms with Gasteiger partial charge in [0.1, 0.15) is 5.75 Å². The summed E-state index contributed by atoms with van der Waals surface area (Å²) in [5.41, 5.74) is 4.86. The lowest BCUT2D eigenvalue weighted by molar-refractivity contribution is -0.128. The summed E-state index contributed by atoms with van der Waals surface area (Å²) >= 11 is 1.83. The third-order valence-corrected chi connectivity index (χ3v) is 5.35. The van der Waals surface area contributed by atoms with E-state index in [0.29, 0.717) is 13.0 Å². The first-order valence-electron chi connectivity index (χ1n) is 9.15. The Balaban J connectivity index is 1.76. The molecule has 2 aromatic carbocycles. The molecule has 140 valence electrons. The average Bonchev–Trinajstić information content (AvgIpc) is 2.63. The average molecular weight is 372 g/mol. The molecule has 0 aromatic heterocycles. The van der Waals surface area contributed by atoms with E-state index in [1.807, 2.05) is 44.7 Å². The van der Waals surface area contributed by atoms with E-state index >= 15 is 0 Å². The Morgan fingerprint density at radius 2 is 1.88 bits per heavy atom. The summed E-state index contributed by atoms with van der Waals surface area (Å²) in [6.07, 6.45) is 0.201. The fourth-order valence-electron chi connectivity index (χ4n) is 2.62. The smallest absolute Gasteiger partial charge is 0.261 e. The Labute approximate surface area is 161 Å². The van der Waals surface area contributed by atoms with Crippen LogP contribution in [0.1, 0.15) is 35.6 Å². The maximum Gasteiger partial charge on any atom is 0.261 e. The highest BCUT2D eigenvalue weighted by atomic mass is 32.2. The predicted octanol–water partition coefficient (Wildman–Crippen LogP) is 4.82. The van der Waals surface area contributed by atoms with Crippen LogP contribution in [0.25, 0.3) is 0 Å². The second-order valence-electron chi connectivity index (χ2n) is 6.55. The van der Waals surface area contributed by atoms with Crippen molar-refractivity contribution in [2.75, 3.05) is 12.3 Å². The van der Waals surface area contributed by atoms with Crippen LogP contribution in [0.4, 0.5) is 0 Å². The van der Waals surface area contributed by atoms with Crippen molar-refractivity contribution in [1.82, 2.24) is 5.32 Å². The lowest BCUT2D eigenvalue weighted by Gasteiger charge is -2.19. The van der Waals surface area contributed by atoms with Gasteiger partial charge >= 0.3 is 0 Å². The van der Waals surface area contributed by atoms with Crippen LogP contribution in [-0.4, -0.2) is 24.3 Å². The molecule has 2 rings (SSSR count). The first kappa shape index (κ1) is 20.4. The zero-order valence-corrected chi connectivity index (χ0v) is 17.0. The summed E-state index contributed by atoms with van der Waals surface area (Å²) in [6, 6.07) is 14.5. The van der Waals surface area contributed by atoms with E-state index in [-0.39, 0.29) is 5.91 Å². The molecule has 1 atom stereocenters. The van der Waals surface area contributed by atoms with Crippen molar-refractivity contribution in [3.8, 4) is 5.75 Å². The summed E-state index contributed by atoms with van der Waals surface area (Å²) in [5.74, 6) is 2.62. The van der Waals surface area contributed by atoms with E-state index in [1.54, 1.807) is 0 Å². The number of carbonyl (C=O) groups excluding carboxylic acids is 1. The Kier molecular flexibility index (Phi) is 8.05. The molecule has 0 heterocycles. The molecule has 1 N–H and O–H groups in total. The minimum absolute atomic E-state index is 0.0371. The van der Waals surface area contributed by atoms with Gasteiger partial charge < -0.3 is 10.1 Å². The molecular weight excluding hydrogens is 342 g/mol. The normalized spacial score (nSPS) is 11.8. The van der Waals surface area contributed by atoms with Crippen molar-refractivity contribution in [2.45, 2.75) is 46.0 Å². The minimum Gasteiger partial charge on any atom is -0.480 e. The second-order valence-corrected chi connectivity index (χ2v) is 7.66. The maximum atomic E-state index is 12.4. The van der Waals surface area contributed by atoms with Gasteiger partial charge in [-0.3, -0.25) is 4.79 Å². The van der Waals surface area contributed by atoms with Gasteiger partial charge in [0, 0.05) is 18.1 Å². The Morgan fingerprint density at radius 3 is 2.62 bits per heavy atom. The number of hydrogen-bond donors (Lipinski definition) is 1. The third-order valence-electron chi connectivity index (χ3n) is 4.34. The topological polar surface area (TPSA) is 38.3 Å². The molecule has 0 saturated carbocycles. The van der Waals surface area contributed by atoms with Gasteiger partial charge in [0.05, 0.1) is 0 Å². The number of nitrogens with one attached hydrogen (secondary N) is 1. The summed E-state index contributed by atoms with van der Waals surface area (Å²) in [6.45, 7) is 8.79. The summed E-state index contributed by atoms with van der Waals surface area (Å²) in [5, 5.41) is 3.00. The van der Waals surface area contributed by atoms with Gasteiger partial charge in [0.2, 0.25) is 0 Å². The van der Waals surface area contributed by atoms with Gasteiger partial charge in [-0.2, -0.15) is 11.8 Å². The minimum atomic E-state index is -0.447. The standard InChI is InChI=1S/C22H29NO2S/c1-5-20(25-21-14-16(2)10-11-18(21)4)22(24)23-12-13-26-15-19-9-7-6-8-17(19)3/h6-11,14,20H,5,12-13,15H2,1-4H3,(H,23,24)/t20-/m0/s1. The van der Waals surface area contributed by atoms with E-state index < -0.39 is 6.10 Å². The molecule has 0 spiro atoms. The maximum absolute atomic E-state index is 12.4. The number of ether oxygens (including phenoxy) is 1. The lowest BCUT2D eigenvalue weighted by Crippen LogP contribution is -2.39. The van der Waals surface area contributed by atoms with Crippen molar-refractivity contribution >= 4 is 17.7 Å². The fraction of sp³-hybridized carbons (Fsp3) is 0.409. The highest BCUT2D eigenvalue weighted by molar-refractivity contribution is 7.98. The monoisotopic (exact) mass is 371 g/mol. The molecule has 0 radical (unpaired) electrons. The molecule has 0 unspecified atom stereocenters. The van der Waals surface area contributed by atoms with Gasteiger partial charge in [-0.05, 0) is 55.5 Å². The van der Waals surface area contributed by atoms with E-state index in [9.17, 15) is 4.79 Å². The molecule has 2 aromatic rings. The number of benzene rings is 2.